The van der Waals surface area contributed by atoms with E-state index in [1.165, 1.54) is 5.56 Å². The van der Waals surface area contributed by atoms with Gasteiger partial charge in [-0.1, -0.05) is 56.6 Å². The Morgan fingerprint density at radius 1 is 1.05 bits per heavy atom. The van der Waals surface area contributed by atoms with E-state index >= 15 is 0 Å². The highest BCUT2D eigenvalue weighted by Crippen LogP contribution is 2.25. The van der Waals surface area contributed by atoms with E-state index in [1.807, 2.05) is 54.7 Å². The second kappa shape index (κ2) is 16.3. The summed E-state index contributed by atoms with van der Waals surface area (Å²) in [6, 6.07) is 16.1. The SMILES string of the molecule is CC(C)Cc1ccc(C(C)C(=O)O)cc1.CCN(CCO)CCCC(C)Nc1ccnc2cc(Cl)ccc12. The van der Waals surface area contributed by atoms with Gasteiger partial charge in [-0.2, -0.15) is 0 Å². The van der Waals surface area contributed by atoms with Crippen LogP contribution in [0.3, 0.4) is 0 Å². The summed E-state index contributed by atoms with van der Waals surface area (Å²) in [7, 11) is 0. The third-order valence-electron chi connectivity index (χ3n) is 6.58. The number of anilines is 1. The number of benzene rings is 2. The summed E-state index contributed by atoms with van der Waals surface area (Å²) in [5.74, 6) is -0.558. The van der Waals surface area contributed by atoms with E-state index in [-0.39, 0.29) is 6.61 Å². The molecule has 0 fully saturated rings. The zero-order chi connectivity index (χ0) is 28.1. The lowest BCUT2D eigenvalue weighted by atomic mass is 9.97. The van der Waals surface area contributed by atoms with E-state index in [0.29, 0.717) is 17.0 Å². The second-order valence-electron chi connectivity index (χ2n) is 10.3. The van der Waals surface area contributed by atoms with Crippen LogP contribution < -0.4 is 5.32 Å². The molecule has 0 saturated heterocycles. The topological polar surface area (TPSA) is 85.7 Å². The number of aromatic nitrogens is 1. The summed E-state index contributed by atoms with van der Waals surface area (Å²) in [6.07, 6.45) is 5.05. The van der Waals surface area contributed by atoms with Gasteiger partial charge in [0.15, 0.2) is 0 Å². The number of likely N-dealkylation sites (N-methyl/N-ethyl adjacent to an activating group) is 1. The van der Waals surface area contributed by atoms with Gasteiger partial charge < -0.3 is 20.4 Å². The summed E-state index contributed by atoms with van der Waals surface area (Å²) in [6.45, 7) is 13.4. The van der Waals surface area contributed by atoms with Gasteiger partial charge in [0.25, 0.3) is 0 Å². The number of aliphatic hydroxyl groups excluding tert-OH is 1. The second-order valence-corrected chi connectivity index (χ2v) is 10.7. The van der Waals surface area contributed by atoms with Gasteiger partial charge in [-0.3, -0.25) is 9.78 Å². The number of pyridine rings is 1. The number of nitrogens with zero attached hydrogens (tertiary/aromatic N) is 2. The number of carboxylic acid groups (broad SMARTS) is 1. The van der Waals surface area contributed by atoms with Crippen LogP contribution in [0.15, 0.2) is 54.7 Å². The fourth-order valence-corrected chi connectivity index (χ4v) is 4.50. The molecule has 38 heavy (non-hydrogen) atoms. The van der Waals surface area contributed by atoms with E-state index in [2.05, 4.69) is 42.9 Å². The molecule has 6 nitrogen and oxygen atoms in total. The van der Waals surface area contributed by atoms with Crippen LogP contribution in [-0.4, -0.2) is 58.3 Å². The normalized spacial score (nSPS) is 12.8. The highest BCUT2D eigenvalue weighted by Gasteiger charge is 2.13. The number of hydrogen-bond acceptors (Lipinski definition) is 5. The maximum atomic E-state index is 10.8. The van der Waals surface area contributed by atoms with Gasteiger partial charge >= 0.3 is 5.97 Å². The quantitative estimate of drug-likeness (QED) is 0.219. The molecule has 2 atom stereocenters. The molecule has 2 unspecified atom stereocenters. The first-order chi connectivity index (χ1) is 18.1. The zero-order valence-corrected chi connectivity index (χ0v) is 24.2. The Bertz CT molecular complexity index is 1120. The van der Waals surface area contributed by atoms with Crippen molar-refractivity contribution in [3.05, 3.63) is 70.9 Å². The largest absolute Gasteiger partial charge is 0.481 e. The number of hydrogen-bond donors (Lipinski definition) is 3. The van der Waals surface area contributed by atoms with Crippen molar-refractivity contribution in [2.75, 3.05) is 31.6 Å². The Balaban J connectivity index is 0.000000293. The minimum absolute atomic E-state index is 0.229. The minimum atomic E-state index is -0.772. The standard InChI is InChI=1S/C18H26ClN3O.C13H18O2/c1-3-22(11-12-23)10-4-5-14(2)21-17-8-9-20-18-13-15(19)6-7-16(17)18;1-9(2)8-11-4-6-12(7-5-11)10(3)13(14)15/h6-9,13-14,23H,3-5,10-12H2,1-2H3,(H,20,21);4-7,9-10H,8H2,1-3H3,(H,14,15). The van der Waals surface area contributed by atoms with Gasteiger partial charge in [0.2, 0.25) is 0 Å². The van der Waals surface area contributed by atoms with Gasteiger partial charge in [-0.05, 0) is 87.5 Å². The molecule has 1 heterocycles. The molecule has 0 aliphatic heterocycles. The van der Waals surface area contributed by atoms with Crippen LogP contribution in [0.1, 0.15) is 64.5 Å². The summed E-state index contributed by atoms with van der Waals surface area (Å²) in [4.78, 5) is 17.4. The molecule has 0 radical (unpaired) electrons. The van der Waals surface area contributed by atoms with Crippen LogP contribution in [0.25, 0.3) is 10.9 Å². The lowest BCUT2D eigenvalue weighted by molar-refractivity contribution is -0.138. The molecular weight excluding hydrogens is 498 g/mol. The van der Waals surface area contributed by atoms with E-state index in [1.54, 1.807) is 6.92 Å². The number of carbonyl (C=O) groups is 1. The van der Waals surface area contributed by atoms with E-state index in [0.717, 1.165) is 61.1 Å². The van der Waals surface area contributed by atoms with Crippen molar-refractivity contribution in [2.45, 2.75) is 65.8 Å². The number of aliphatic hydroxyl groups is 1. The summed E-state index contributed by atoms with van der Waals surface area (Å²) in [5.41, 5.74) is 4.15. The first-order valence-electron chi connectivity index (χ1n) is 13.6. The smallest absolute Gasteiger partial charge is 0.310 e. The summed E-state index contributed by atoms with van der Waals surface area (Å²) < 4.78 is 0. The molecule has 208 valence electrons. The molecule has 7 heteroatoms. The summed E-state index contributed by atoms with van der Waals surface area (Å²) in [5, 5.41) is 23.3. The minimum Gasteiger partial charge on any atom is -0.481 e. The van der Waals surface area contributed by atoms with Crippen LogP contribution in [0.5, 0.6) is 0 Å². The van der Waals surface area contributed by atoms with Gasteiger partial charge in [0.05, 0.1) is 18.0 Å². The van der Waals surface area contributed by atoms with Crippen molar-refractivity contribution in [3.8, 4) is 0 Å². The van der Waals surface area contributed by atoms with Crippen LogP contribution >= 0.6 is 11.6 Å². The third-order valence-corrected chi connectivity index (χ3v) is 6.81. The van der Waals surface area contributed by atoms with E-state index < -0.39 is 11.9 Å². The molecule has 1 aromatic heterocycles. The highest BCUT2D eigenvalue weighted by atomic mass is 35.5. The Kier molecular flexibility index (Phi) is 13.6. The molecule has 0 aliphatic carbocycles. The molecule has 0 amide bonds. The number of aliphatic carboxylic acids is 1. The van der Waals surface area contributed by atoms with Crippen LogP contribution in [-0.2, 0) is 11.2 Å². The van der Waals surface area contributed by atoms with Gasteiger partial charge in [-0.15, -0.1) is 0 Å². The molecule has 3 aromatic rings. The maximum absolute atomic E-state index is 10.8. The van der Waals surface area contributed by atoms with E-state index in [4.69, 9.17) is 21.8 Å². The van der Waals surface area contributed by atoms with Crippen molar-refractivity contribution < 1.29 is 15.0 Å². The third kappa shape index (κ3) is 10.6. The lowest BCUT2D eigenvalue weighted by Crippen LogP contribution is -2.28. The lowest BCUT2D eigenvalue weighted by Gasteiger charge is -2.21. The predicted octanol–water partition coefficient (Wildman–Crippen LogP) is 6.86. The van der Waals surface area contributed by atoms with Crippen LogP contribution in [0, 0.1) is 5.92 Å². The Morgan fingerprint density at radius 3 is 2.37 bits per heavy atom. The van der Waals surface area contributed by atoms with Crippen molar-refractivity contribution in [2.24, 2.45) is 5.92 Å². The molecule has 0 saturated carbocycles. The van der Waals surface area contributed by atoms with Crippen molar-refractivity contribution in [1.29, 1.82) is 0 Å². The molecular formula is C31H44ClN3O3. The Hall–Kier alpha value is -2.67. The zero-order valence-electron chi connectivity index (χ0n) is 23.5. The molecule has 3 N–H and O–H groups in total. The number of rotatable bonds is 13. The average molecular weight is 542 g/mol. The van der Waals surface area contributed by atoms with Crippen LogP contribution in [0.2, 0.25) is 5.02 Å². The summed E-state index contributed by atoms with van der Waals surface area (Å²) >= 11 is 6.03. The highest BCUT2D eigenvalue weighted by molar-refractivity contribution is 6.31. The van der Waals surface area contributed by atoms with Crippen molar-refractivity contribution in [1.82, 2.24) is 9.88 Å². The number of fused-ring (bicyclic) bond motifs is 1. The fraction of sp³-hybridized carbons (Fsp3) is 0.484. The Morgan fingerprint density at radius 2 is 1.76 bits per heavy atom. The average Bonchev–Trinajstić information content (AvgIpc) is 2.88. The number of halogens is 1. The molecule has 0 bridgehead atoms. The molecule has 0 aliphatic rings. The van der Waals surface area contributed by atoms with E-state index in [9.17, 15) is 4.79 Å². The van der Waals surface area contributed by atoms with Crippen molar-refractivity contribution in [3.63, 3.8) is 0 Å². The maximum Gasteiger partial charge on any atom is 0.310 e. The Labute approximate surface area is 233 Å². The predicted molar refractivity (Wildman–Crippen MR) is 159 cm³/mol. The molecule has 3 rings (SSSR count). The van der Waals surface area contributed by atoms with Gasteiger partial charge in [-0.25, -0.2) is 0 Å². The number of carboxylic acids is 1. The van der Waals surface area contributed by atoms with Gasteiger partial charge in [0, 0.05) is 34.9 Å². The first-order valence-corrected chi connectivity index (χ1v) is 14.0. The molecule has 0 spiro atoms. The van der Waals surface area contributed by atoms with Crippen molar-refractivity contribution >= 4 is 34.2 Å². The molecule has 2 aromatic carbocycles. The number of nitrogens with one attached hydrogen (secondary N) is 1. The first kappa shape index (κ1) is 31.5. The monoisotopic (exact) mass is 541 g/mol. The fourth-order valence-electron chi connectivity index (χ4n) is 4.33. The van der Waals surface area contributed by atoms with Gasteiger partial charge in [0.1, 0.15) is 0 Å². The van der Waals surface area contributed by atoms with Crippen LogP contribution in [0.4, 0.5) is 5.69 Å².